The second kappa shape index (κ2) is 4.75. The van der Waals surface area contributed by atoms with Crippen molar-refractivity contribution in [3.05, 3.63) is 0 Å². The van der Waals surface area contributed by atoms with Gasteiger partial charge in [0, 0.05) is 30.8 Å². The summed E-state index contributed by atoms with van der Waals surface area (Å²) in [5, 5.41) is 17.4. The van der Waals surface area contributed by atoms with Gasteiger partial charge in [-0.15, -0.1) is 0 Å². The molecule has 1 aliphatic heterocycles. The van der Waals surface area contributed by atoms with Crippen LogP contribution in [0.2, 0.25) is 0 Å². The molecule has 1 fully saturated rings. The van der Waals surface area contributed by atoms with Gasteiger partial charge in [0.1, 0.15) is 0 Å². The molecule has 1 aliphatic rings. The van der Waals surface area contributed by atoms with Crippen molar-refractivity contribution in [2.45, 2.75) is 23.8 Å². The number of likely N-dealkylation sites (tertiary alicyclic amines) is 1. The fourth-order valence-corrected chi connectivity index (χ4v) is 1.97. The number of hydrogen-bond acceptors (Lipinski definition) is 3. The van der Waals surface area contributed by atoms with Crippen molar-refractivity contribution in [3.8, 4) is 0 Å². The van der Waals surface area contributed by atoms with Crippen LogP contribution in [0.25, 0.3) is 0 Å². The van der Waals surface area contributed by atoms with Crippen LogP contribution in [-0.2, 0) is 9.59 Å². The molecule has 6 heteroatoms. The molecule has 0 bridgehead atoms. The molecule has 80 valence electrons. The number of nitrogens with zero attached hydrogens (tertiary/aromatic N) is 1. The minimum Gasteiger partial charge on any atom is -0.479 e. The highest BCUT2D eigenvalue weighted by Crippen LogP contribution is 2.18. The Morgan fingerprint density at radius 1 is 1.71 bits per heavy atom. The Bertz CT molecular complexity index is 245. The van der Waals surface area contributed by atoms with E-state index in [4.69, 9.17) is 10.2 Å². The van der Waals surface area contributed by atoms with E-state index in [0.29, 0.717) is 19.5 Å². The van der Waals surface area contributed by atoms with Crippen LogP contribution >= 0.6 is 15.9 Å². The van der Waals surface area contributed by atoms with Gasteiger partial charge in [0.2, 0.25) is 5.91 Å². The molecule has 14 heavy (non-hydrogen) atoms. The third kappa shape index (κ3) is 2.95. The van der Waals surface area contributed by atoms with E-state index >= 15 is 0 Å². The standard InChI is InChI=1S/C8H12BrNO4/c9-5-3-7(12)10(4-5)2-1-6(11)8(13)14/h5-6,11H,1-4H2,(H,13,14)/t5?,6-/m0/s1. The number of carbonyl (C=O) groups excluding carboxylic acids is 1. The highest BCUT2D eigenvalue weighted by atomic mass is 79.9. The fourth-order valence-electron chi connectivity index (χ4n) is 1.34. The molecule has 2 atom stereocenters. The number of aliphatic hydroxyl groups excluding tert-OH is 1. The predicted octanol–water partition coefficient (Wildman–Crippen LogP) is -0.182. The molecule has 0 radical (unpaired) electrons. The summed E-state index contributed by atoms with van der Waals surface area (Å²) < 4.78 is 0. The van der Waals surface area contributed by atoms with Crippen LogP contribution in [0, 0.1) is 0 Å². The normalized spacial score (nSPS) is 24.0. The summed E-state index contributed by atoms with van der Waals surface area (Å²) in [6, 6.07) is 0. The molecular weight excluding hydrogens is 254 g/mol. The first-order valence-corrected chi connectivity index (χ1v) is 5.25. The molecule has 1 rings (SSSR count). The third-order valence-electron chi connectivity index (χ3n) is 2.12. The van der Waals surface area contributed by atoms with Gasteiger partial charge in [0.25, 0.3) is 0 Å². The summed E-state index contributed by atoms with van der Waals surface area (Å²) in [5.41, 5.74) is 0. The van der Waals surface area contributed by atoms with Crippen molar-refractivity contribution in [3.63, 3.8) is 0 Å². The van der Waals surface area contributed by atoms with Gasteiger partial charge < -0.3 is 15.1 Å². The fraction of sp³-hybridized carbons (Fsp3) is 0.750. The van der Waals surface area contributed by atoms with Crippen molar-refractivity contribution in [2.75, 3.05) is 13.1 Å². The average molecular weight is 266 g/mol. The molecule has 1 heterocycles. The van der Waals surface area contributed by atoms with Crippen LogP contribution in [0.1, 0.15) is 12.8 Å². The van der Waals surface area contributed by atoms with E-state index < -0.39 is 12.1 Å². The summed E-state index contributed by atoms with van der Waals surface area (Å²) in [6.45, 7) is 0.888. The molecule has 1 saturated heterocycles. The summed E-state index contributed by atoms with van der Waals surface area (Å²) in [5.74, 6) is -1.24. The van der Waals surface area contributed by atoms with E-state index in [2.05, 4.69) is 15.9 Å². The van der Waals surface area contributed by atoms with Crippen LogP contribution < -0.4 is 0 Å². The first-order chi connectivity index (χ1) is 6.50. The van der Waals surface area contributed by atoms with Gasteiger partial charge in [-0.1, -0.05) is 15.9 Å². The Morgan fingerprint density at radius 2 is 2.36 bits per heavy atom. The first-order valence-electron chi connectivity index (χ1n) is 4.33. The number of amides is 1. The highest BCUT2D eigenvalue weighted by Gasteiger charge is 2.28. The number of carboxylic acids is 1. The van der Waals surface area contributed by atoms with Gasteiger partial charge in [-0.25, -0.2) is 4.79 Å². The second-order valence-electron chi connectivity index (χ2n) is 3.28. The monoisotopic (exact) mass is 265 g/mol. The molecule has 0 aliphatic carbocycles. The van der Waals surface area contributed by atoms with Crippen LogP contribution in [0.3, 0.4) is 0 Å². The molecular formula is C8H12BrNO4. The van der Waals surface area contributed by atoms with Crippen molar-refractivity contribution >= 4 is 27.8 Å². The molecule has 0 aromatic rings. The lowest BCUT2D eigenvalue weighted by molar-refractivity contribution is -0.147. The maximum atomic E-state index is 11.2. The third-order valence-corrected chi connectivity index (χ3v) is 2.74. The second-order valence-corrected chi connectivity index (χ2v) is 4.58. The molecule has 1 amide bonds. The number of carbonyl (C=O) groups is 2. The Balaban J connectivity index is 2.31. The minimum absolute atomic E-state index is 0.00413. The van der Waals surface area contributed by atoms with Crippen molar-refractivity contribution in [2.24, 2.45) is 0 Å². The Hall–Kier alpha value is -0.620. The van der Waals surface area contributed by atoms with E-state index in [1.165, 1.54) is 0 Å². The maximum absolute atomic E-state index is 11.2. The number of alkyl halides is 1. The number of aliphatic carboxylic acids is 1. The van der Waals surface area contributed by atoms with Gasteiger partial charge in [0.05, 0.1) is 0 Å². The van der Waals surface area contributed by atoms with Crippen LogP contribution in [0.4, 0.5) is 0 Å². The topological polar surface area (TPSA) is 77.8 Å². The number of hydrogen-bond donors (Lipinski definition) is 2. The van der Waals surface area contributed by atoms with E-state index in [1.54, 1.807) is 4.90 Å². The number of aliphatic hydroxyl groups is 1. The van der Waals surface area contributed by atoms with Crippen molar-refractivity contribution in [1.82, 2.24) is 4.90 Å². The average Bonchev–Trinajstić information content (AvgIpc) is 2.40. The largest absolute Gasteiger partial charge is 0.479 e. The summed E-state index contributed by atoms with van der Waals surface area (Å²) in [6.07, 6.45) is -0.846. The van der Waals surface area contributed by atoms with Crippen LogP contribution in [0.5, 0.6) is 0 Å². The summed E-state index contributed by atoms with van der Waals surface area (Å²) in [4.78, 5) is 23.2. The summed E-state index contributed by atoms with van der Waals surface area (Å²) >= 11 is 3.31. The van der Waals surface area contributed by atoms with Gasteiger partial charge in [0.15, 0.2) is 6.10 Å². The van der Waals surface area contributed by atoms with E-state index in [0.717, 1.165) is 0 Å². The number of halogens is 1. The quantitative estimate of drug-likeness (QED) is 0.692. The first kappa shape index (κ1) is 11.5. The van der Waals surface area contributed by atoms with Gasteiger partial charge in [-0.05, 0) is 0 Å². The SMILES string of the molecule is O=C(O)[C@@H](O)CCN1CC(Br)CC1=O. The molecule has 2 N–H and O–H groups in total. The molecule has 0 spiro atoms. The van der Waals surface area contributed by atoms with Crippen LogP contribution in [0.15, 0.2) is 0 Å². The number of rotatable bonds is 4. The van der Waals surface area contributed by atoms with Crippen molar-refractivity contribution < 1.29 is 19.8 Å². The maximum Gasteiger partial charge on any atom is 0.332 e. The van der Waals surface area contributed by atoms with Gasteiger partial charge in [-0.3, -0.25) is 4.79 Å². The molecule has 5 nitrogen and oxygen atoms in total. The Labute approximate surface area is 89.8 Å². The lowest BCUT2D eigenvalue weighted by Gasteiger charge is -2.16. The summed E-state index contributed by atoms with van der Waals surface area (Å²) in [7, 11) is 0. The zero-order valence-electron chi connectivity index (χ0n) is 7.52. The van der Waals surface area contributed by atoms with E-state index in [-0.39, 0.29) is 17.2 Å². The Kier molecular flexibility index (Phi) is 3.88. The van der Waals surface area contributed by atoms with Gasteiger partial charge in [-0.2, -0.15) is 0 Å². The van der Waals surface area contributed by atoms with E-state index in [9.17, 15) is 9.59 Å². The van der Waals surface area contributed by atoms with Gasteiger partial charge >= 0.3 is 5.97 Å². The molecule has 1 unspecified atom stereocenters. The van der Waals surface area contributed by atoms with E-state index in [1.807, 2.05) is 0 Å². The van der Waals surface area contributed by atoms with Crippen LogP contribution in [-0.4, -0.2) is 51.0 Å². The highest BCUT2D eigenvalue weighted by molar-refractivity contribution is 9.09. The molecule has 0 aromatic carbocycles. The lowest BCUT2D eigenvalue weighted by atomic mass is 10.2. The Morgan fingerprint density at radius 3 is 2.79 bits per heavy atom. The molecule has 0 saturated carbocycles. The lowest BCUT2D eigenvalue weighted by Crippen LogP contribution is -2.31. The molecule has 0 aromatic heterocycles. The smallest absolute Gasteiger partial charge is 0.332 e. The zero-order chi connectivity index (χ0) is 10.7. The number of carboxylic acid groups (broad SMARTS) is 1. The minimum atomic E-state index is -1.38. The predicted molar refractivity (Wildman–Crippen MR) is 52.2 cm³/mol. The zero-order valence-corrected chi connectivity index (χ0v) is 9.11. The van der Waals surface area contributed by atoms with Crippen molar-refractivity contribution in [1.29, 1.82) is 0 Å².